The van der Waals surface area contributed by atoms with Gasteiger partial charge in [-0.2, -0.15) is 0 Å². The molecule has 0 aliphatic carbocycles. The van der Waals surface area contributed by atoms with Crippen LogP contribution in [0.3, 0.4) is 0 Å². The molecule has 3 heteroatoms. The Kier molecular flexibility index (Phi) is 2.59. The number of para-hydroxylation sites is 1. The summed E-state index contributed by atoms with van der Waals surface area (Å²) in [6.07, 6.45) is 4.23. The van der Waals surface area contributed by atoms with Gasteiger partial charge >= 0.3 is 0 Å². The molecule has 0 saturated carbocycles. The van der Waals surface area contributed by atoms with E-state index in [9.17, 15) is 4.79 Å². The van der Waals surface area contributed by atoms with E-state index in [4.69, 9.17) is 0 Å². The summed E-state index contributed by atoms with van der Waals surface area (Å²) in [5, 5.41) is 0. The molecule has 1 aliphatic heterocycles. The van der Waals surface area contributed by atoms with Crippen LogP contribution < -0.4 is 4.90 Å². The third-order valence-corrected chi connectivity index (χ3v) is 3.35. The van der Waals surface area contributed by atoms with Crippen molar-refractivity contribution in [2.75, 3.05) is 4.90 Å². The minimum atomic E-state index is 0.0508. The number of carbonyl (C=O) groups is 1. The summed E-state index contributed by atoms with van der Waals surface area (Å²) in [6, 6.07) is 11.8. The molecular weight excluding hydrogens is 224 g/mol. The lowest BCUT2D eigenvalue weighted by Gasteiger charge is -2.22. The summed E-state index contributed by atoms with van der Waals surface area (Å²) >= 11 is 0. The van der Waals surface area contributed by atoms with E-state index in [-0.39, 0.29) is 11.9 Å². The van der Waals surface area contributed by atoms with Crippen molar-refractivity contribution in [2.45, 2.75) is 19.4 Å². The topological polar surface area (TPSA) is 33.2 Å². The number of hydrogen-bond acceptors (Lipinski definition) is 2. The second-order valence-electron chi connectivity index (χ2n) is 4.59. The lowest BCUT2D eigenvalue weighted by molar-refractivity contribution is 0.0981. The molecule has 3 rings (SSSR count). The Morgan fingerprint density at radius 2 is 1.94 bits per heavy atom. The molecule has 0 N–H and O–H groups in total. The van der Waals surface area contributed by atoms with Crippen LogP contribution in [0.1, 0.15) is 22.8 Å². The van der Waals surface area contributed by atoms with Crippen LogP contribution in [0.4, 0.5) is 5.69 Å². The minimum absolute atomic E-state index is 0.0508. The summed E-state index contributed by atoms with van der Waals surface area (Å²) < 4.78 is 0. The summed E-state index contributed by atoms with van der Waals surface area (Å²) in [6.45, 7) is 2.08. The lowest BCUT2D eigenvalue weighted by atomic mass is 10.1. The predicted octanol–water partition coefficient (Wildman–Crippen LogP) is 2.67. The first kappa shape index (κ1) is 11.0. The molecule has 1 aromatic carbocycles. The zero-order chi connectivity index (χ0) is 12.5. The minimum Gasteiger partial charge on any atom is -0.305 e. The molecule has 1 aromatic heterocycles. The monoisotopic (exact) mass is 238 g/mol. The fraction of sp³-hybridized carbons (Fsp3) is 0.200. The average molecular weight is 238 g/mol. The van der Waals surface area contributed by atoms with Crippen LogP contribution in [0.2, 0.25) is 0 Å². The molecule has 1 atom stereocenters. The molecule has 2 aromatic rings. The van der Waals surface area contributed by atoms with E-state index in [2.05, 4.69) is 18.0 Å². The first-order valence-electron chi connectivity index (χ1n) is 6.09. The highest BCUT2D eigenvalue weighted by atomic mass is 16.2. The molecule has 90 valence electrons. The van der Waals surface area contributed by atoms with E-state index in [0.29, 0.717) is 5.56 Å². The Balaban J connectivity index is 2.00. The van der Waals surface area contributed by atoms with Gasteiger partial charge in [-0.15, -0.1) is 0 Å². The van der Waals surface area contributed by atoms with Crippen LogP contribution in [0.25, 0.3) is 0 Å². The summed E-state index contributed by atoms with van der Waals surface area (Å²) in [7, 11) is 0. The quantitative estimate of drug-likeness (QED) is 0.765. The molecule has 0 radical (unpaired) electrons. The first-order valence-corrected chi connectivity index (χ1v) is 6.09. The number of carbonyl (C=O) groups excluding carboxylic acids is 1. The third kappa shape index (κ3) is 1.68. The highest BCUT2D eigenvalue weighted by Crippen LogP contribution is 2.32. The number of pyridine rings is 1. The fourth-order valence-electron chi connectivity index (χ4n) is 2.51. The number of benzene rings is 1. The number of hydrogen-bond donors (Lipinski definition) is 0. The molecule has 0 bridgehead atoms. The molecule has 1 unspecified atom stereocenters. The van der Waals surface area contributed by atoms with Gasteiger partial charge in [0.15, 0.2) is 0 Å². The van der Waals surface area contributed by atoms with Crippen LogP contribution in [0.5, 0.6) is 0 Å². The zero-order valence-corrected chi connectivity index (χ0v) is 10.2. The number of amides is 1. The number of anilines is 1. The van der Waals surface area contributed by atoms with Crippen molar-refractivity contribution < 1.29 is 4.79 Å². The van der Waals surface area contributed by atoms with Gasteiger partial charge in [0.1, 0.15) is 0 Å². The van der Waals surface area contributed by atoms with Gasteiger partial charge in [0.25, 0.3) is 5.91 Å². The molecule has 1 aliphatic rings. The largest absolute Gasteiger partial charge is 0.305 e. The molecular formula is C15H14N2O. The summed E-state index contributed by atoms with van der Waals surface area (Å²) in [5.41, 5.74) is 2.97. The molecule has 18 heavy (non-hydrogen) atoms. The Morgan fingerprint density at radius 1 is 1.22 bits per heavy atom. The van der Waals surface area contributed by atoms with Gasteiger partial charge in [0.05, 0.1) is 0 Å². The van der Waals surface area contributed by atoms with Gasteiger partial charge in [0, 0.05) is 29.7 Å². The number of aromatic nitrogens is 1. The van der Waals surface area contributed by atoms with Crippen molar-refractivity contribution in [3.63, 3.8) is 0 Å². The number of rotatable bonds is 1. The maximum Gasteiger partial charge on any atom is 0.258 e. The van der Waals surface area contributed by atoms with Crippen LogP contribution in [0.15, 0.2) is 48.8 Å². The van der Waals surface area contributed by atoms with Crippen molar-refractivity contribution >= 4 is 11.6 Å². The van der Waals surface area contributed by atoms with Gasteiger partial charge < -0.3 is 4.90 Å². The summed E-state index contributed by atoms with van der Waals surface area (Å²) in [4.78, 5) is 18.3. The van der Waals surface area contributed by atoms with Crippen LogP contribution in [-0.4, -0.2) is 16.9 Å². The Bertz CT molecular complexity index is 580. The first-order chi connectivity index (χ1) is 8.77. The Labute approximate surface area is 106 Å². The second-order valence-corrected chi connectivity index (χ2v) is 4.59. The summed E-state index contributed by atoms with van der Waals surface area (Å²) in [5.74, 6) is 0.0508. The smallest absolute Gasteiger partial charge is 0.258 e. The second kappa shape index (κ2) is 4.26. The van der Waals surface area contributed by atoms with Gasteiger partial charge in [-0.1, -0.05) is 18.2 Å². The third-order valence-electron chi connectivity index (χ3n) is 3.35. The van der Waals surface area contributed by atoms with Crippen molar-refractivity contribution in [3.05, 3.63) is 59.9 Å². The molecule has 2 heterocycles. The van der Waals surface area contributed by atoms with E-state index in [1.165, 1.54) is 5.56 Å². The van der Waals surface area contributed by atoms with Crippen molar-refractivity contribution in [1.29, 1.82) is 0 Å². The van der Waals surface area contributed by atoms with E-state index < -0.39 is 0 Å². The zero-order valence-electron chi connectivity index (χ0n) is 10.2. The lowest BCUT2D eigenvalue weighted by Crippen LogP contribution is -2.35. The molecule has 0 saturated heterocycles. The normalized spacial score (nSPS) is 17.6. The maximum absolute atomic E-state index is 12.5. The molecule has 3 nitrogen and oxygen atoms in total. The SMILES string of the molecule is CC1Cc2ccccc2N1C(=O)c1ccncc1. The predicted molar refractivity (Wildman–Crippen MR) is 70.7 cm³/mol. The highest BCUT2D eigenvalue weighted by molar-refractivity contribution is 6.07. The number of fused-ring (bicyclic) bond motifs is 1. The maximum atomic E-state index is 12.5. The van der Waals surface area contributed by atoms with Crippen LogP contribution >= 0.6 is 0 Å². The van der Waals surface area contributed by atoms with Gasteiger partial charge in [0.2, 0.25) is 0 Å². The Morgan fingerprint density at radius 3 is 2.72 bits per heavy atom. The average Bonchev–Trinajstić information content (AvgIpc) is 2.75. The van der Waals surface area contributed by atoms with Crippen LogP contribution in [0, 0.1) is 0 Å². The molecule has 0 fully saturated rings. The number of nitrogens with zero attached hydrogens (tertiary/aromatic N) is 2. The van der Waals surface area contributed by atoms with Gasteiger partial charge in [-0.25, -0.2) is 0 Å². The van der Waals surface area contributed by atoms with Crippen molar-refractivity contribution in [2.24, 2.45) is 0 Å². The van der Waals surface area contributed by atoms with Crippen molar-refractivity contribution in [3.8, 4) is 0 Å². The van der Waals surface area contributed by atoms with E-state index in [1.807, 2.05) is 23.1 Å². The van der Waals surface area contributed by atoms with Crippen molar-refractivity contribution in [1.82, 2.24) is 4.98 Å². The van der Waals surface area contributed by atoms with Crippen LogP contribution in [-0.2, 0) is 6.42 Å². The van der Waals surface area contributed by atoms with E-state index in [1.54, 1.807) is 24.5 Å². The molecule has 0 spiro atoms. The van der Waals surface area contributed by atoms with E-state index >= 15 is 0 Å². The molecule has 1 amide bonds. The van der Waals surface area contributed by atoms with Gasteiger partial charge in [-0.05, 0) is 37.1 Å². The Hall–Kier alpha value is -2.16. The van der Waals surface area contributed by atoms with E-state index in [0.717, 1.165) is 12.1 Å². The standard InChI is InChI=1S/C15H14N2O/c1-11-10-13-4-2-3-5-14(13)17(11)15(18)12-6-8-16-9-7-12/h2-9,11H,10H2,1H3. The fourth-order valence-corrected chi connectivity index (χ4v) is 2.51. The van der Waals surface area contributed by atoms with Gasteiger partial charge in [-0.3, -0.25) is 9.78 Å². The highest BCUT2D eigenvalue weighted by Gasteiger charge is 2.30.